The van der Waals surface area contributed by atoms with Gasteiger partial charge in [0, 0.05) is 22.5 Å². The Morgan fingerprint density at radius 1 is 0.970 bits per heavy atom. The molecule has 3 N–H and O–H groups in total. The Balaban J connectivity index is 1.59. The van der Waals surface area contributed by atoms with E-state index >= 15 is 0 Å². The van der Waals surface area contributed by atoms with Gasteiger partial charge >= 0.3 is 0 Å². The minimum absolute atomic E-state index is 0.248. The van der Waals surface area contributed by atoms with Crippen LogP contribution in [0.4, 0.5) is 10.1 Å². The number of benzene rings is 3. The fourth-order valence-corrected chi connectivity index (χ4v) is 3.98. The second kappa shape index (κ2) is 9.66. The molecule has 33 heavy (non-hydrogen) atoms. The molecule has 3 aromatic carbocycles. The Morgan fingerprint density at radius 3 is 2.27 bits per heavy atom. The lowest BCUT2D eigenvalue weighted by molar-refractivity contribution is -0.115. The Hall–Kier alpha value is -3.98. The minimum Gasteiger partial charge on any atom is -0.366 e. The van der Waals surface area contributed by atoms with E-state index in [1.54, 1.807) is 47.9 Å². The smallest absolute Gasteiger partial charge is 0.248 e. The van der Waals surface area contributed by atoms with Crippen LogP contribution in [0.5, 0.6) is 0 Å². The average molecular weight is 462 g/mol. The summed E-state index contributed by atoms with van der Waals surface area (Å²) in [5.41, 5.74) is 7.67. The normalized spacial score (nSPS) is 11.7. The van der Waals surface area contributed by atoms with Gasteiger partial charge < -0.3 is 11.1 Å². The molecule has 2 amide bonds. The molecule has 0 aliphatic carbocycles. The van der Waals surface area contributed by atoms with Crippen molar-refractivity contribution in [1.29, 1.82) is 0 Å². The molecule has 0 spiro atoms. The second-order valence-corrected chi connectivity index (χ2v) is 8.48. The summed E-state index contributed by atoms with van der Waals surface area (Å²) in [6.07, 6.45) is 0. The van der Waals surface area contributed by atoms with Gasteiger partial charge in [-0.1, -0.05) is 42.1 Å². The van der Waals surface area contributed by atoms with Crippen molar-refractivity contribution in [2.45, 2.75) is 17.3 Å². The van der Waals surface area contributed by atoms with E-state index in [4.69, 9.17) is 5.73 Å². The van der Waals surface area contributed by atoms with Crippen molar-refractivity contribution in [2.24, 2.45) is 5.73 Å². The van der Waals surface area contributed by atoms with Crippen molar-refractivity contribution in [3.8, 4) is 17.1 Å². The predicted molar refractivity (Wildman–Crippen MR) is 126 cm³/mol. The number of anilines is 1. The molecular weight excluding hydrogens is 441 g/mol. The van der Waals surface area contributed by atoms with Gasteiger partial charge in [0.2, 0.25) is 11.8 Å². The van der Waals surface area contributed by atoms with Crippen LogP contribution in [-0.2, 0) is 4.79 Å². The van der Waals surface area contributed by atoms with Crippen LogP contribution >= 0.6 is 11.8 Å². The van der Waals surface area contributed by atoms with E-state index in [1.807, 2.05) is 30.3 Å². The van der Waals surface area contributed by atoms with Crippen molar-refractivity contribution in [3.63, 3.8) is 0 Å². The molecule has 0 radical (unpaired) electrons. The summed E-state index contributed by atoms with van der Waals surface area (Å²) in [6, 6.07) is 21.8. The van der Waals surface area contributed by atoms with Gasteiger partial charge in [0.25, 0.3) is 0 Å². The van der Waals surface area contributed by atoms with Crippen LogP contribution in [0, 0.1) is 5.82 Å². The molecule has 4 rings (SSSR count). The van der Waals surface area contributed by atoms with E-state index in [1.165, 1.54) is 23.9 Å². The van der Waals surface area contributed by atoms with Gasteiger partial charge in [-0.15, -0.1) is 10.2 Å². The van der Waals surface area contributed by atoms with Crippen molar-refractivity contribution in [2.75, 3.05) is 5.32 Å². The zero-order chi connectivity index (χ0) is 23.4. The standard InChI is InChI=1S/C24H20FN5O2S/c1-15(23(32)27-19-11-7-16(8-12-19)21(26)31)33-24-29-28-22(17-5-3-2-4-6-17)30(24)20-13-9-18(25)10-14-20/h2-15H,1H3,(H2,26,31)(H,27,32). The molecule has 0 saturated carbocycles. The first-order valence-corrected chi connectivity index (χ1v) is 10.9. The topological polar surface area (TPSA) is 103 Å². The summed E-state index contributed by atoms with van der Waals surface area (Å²) in [7, 11) is 0. The maximum Gasteiger partial charge on any atom is 0.248 e. The number of nitrogens with zero attached hydrogens (tertiary/aromatic N) is 3. The third-order valence-corrected chi connectivity index (χ3v) is 5.88. The number of hydrogen-bond donors (Lipinski definition) is 2. The summed E-state index contributed by atoms with van der Waals surface area (Å²) < 4.78 is 15.3. The number of amides is 2. The number of hydrogen-bond acceptors (Lipinski definition) is 5. The number of aromatic nitrogens is 3. The minimum atomic E-state index is -0.536. The first kappa shape index (κ1) is 22.2. The summed E-state index contributed by atoms with van der Waals surface area (Å²) >= 11 is 1.23. The highest BCUT2D eigenvalue weighted by Gasteiger charge is 2.22. The van der Waals surface area contributed by atoms with E-state index in [9.17, 15) is 14.0 Å². The van der Waals surface area contributed by atoms with E-state index in [-0.39, 0.29) is 11.7 Å². The molecule has 1 atom stereocenters. The lowest BCUT2D eigenvalue weighted by Gasteiger charge is -2.14. The van der Waals surface area contributed by atoms with Crippen LogP contribution in [0.25, 0.3) is 17.1 Å². The second-order valence-electron chi connectivity index (χ2n) is 7.17. The van der Waals surface area contributed by atoms with Crippen molar-refractivity contribution in [1.82, 2.24) is 14.8 Å². The molecule has 1 unspecified atom stereocenters. The van der Waals surface area contributed by atoms with Crippen LogP contribution < -0.4 is 11.1 Å². The highest BCUT2D eigenvalue weighted by Crippen LogP contribution is 2.30. The number of nitrogens with one attached hydrogen (secondary N) is 1. The number of thioether (sulfide) groups is 1. The summed E-state index contributed by atoms with van der Waals surface area (Å²) in [5.74, 6) is -0.551. The molecule has 0 aliphatic rings. The van der Waals surface area contributed by atoms with Gasteiger partial charge in [0.05, 0.1) is 5.25 Å². The van der Waals surface area contributed by atoms with Crippen molar-refractivity contribution in [3.05, 3.63) is 90.2 Å². The molecule has 0 aliphatic heterocycles. The number of rotatable bonds is 7. The number of carbonyl (C=O) groups is 2. The van der Waals surface area contributed by atoms with Crippen LogP contribution in [-0.4, -0.2) is 31.8 Å². The third-order valence-electron chi connectivity index (χ3n) is 4.84. The van der Waals surface area contributed by atoms with Gasteiger partial charge in [0.1, 0.15) is 5.82 Å². The molecular formula is C24H20FN5O2S. The van der Waals surface area contributed by atoms with Crippen LogP contribution in [0.3, 0.4) is 0 Å². The Labute approximate surface area is 193 Å². The van der Waals surface area contributed by atoms with E-state index in [0.29, 0.717) is 27.9 Å². The molecule has 1 aromatic heterocycles. The quantitative estimate of drug-likeness (QED) is 0.400. The largest absolute Gasteiger partial charge is 0.366 e. The Kier molecular flexibility index (Phi) is 6.50. The van der Waals surface area contributed by atoms with Gasteiger partial charge in [-0.3, -0.25) is 14.2 Å². The Bertz CT molecular complexity index is 1270. The number of primary amides is 1. The average Bonchev–Trinajstić information content (AvgIpc) is 3.24. The first-order chi connectivity index (χ1) is 15.9. The third kappa shape index (κ3) is 5.09. The van der Waals surface area contributed by atoms with Crippen molar-refractivity contribution >= 4 is 29.3 Å². The van der Waals surface area contributed by atoms with Crippen molar-refractivity contribution < 1.29 is 14.0 Å². The summed E-state index contributed by atoms with van der Waals surface area (Å²) in [4.78, 5) is 24.0. The number of carbonyl (C=O) groups excluding carboxylic acids is 2. The van der Waals surface area contributed by atoms with Gasteiger partial charge in [-0.05, 0) is 55.5 Å². The SMILES string of the molecule is CC(Sc1nnc(-c2ccccc2)n1-c1ccc(F)cc1)C(=O)Nc1ccc(C(N)=O)cc1. The van der Waals surface area contributed by atoms with E-state index < -0.39 is 11.2 Å². The lowest BCUT2D eigenvalue weighted by atomic mass is 10.2. The molecule has 9 heteroatoms. The van der Waals surface area contributed by atoms with E-state index in [2.05, 4.69) is 15.5 Å². The highest BCUT2D eigenvalue weighted by molar-refractivity contribution is 8.00. The first-order valence-electron chi connectivity index (χ1n) is 10.1. The molecule has 0 fully saturated rings. The molecule has 4 aromatic rings. The molecule has 0 bridgehead atoms. The van der Waals surface area contributed by atoms with Gasteiger partial charge in [0.15, 0.2) is 11.0 Å². The zero-order valence-electron chi connectivity index (χ0n) is 17.6. The highest BCUT2D eigenvalue weighted by atomic mass is 32.2. The maximum absolute atomic E-state index is 13.5. The summed E-state index contributed by atoms with van der Waals surface area (Å²) in [6.45, 7) is 1.75. The fourth-order valence-electron chi connectivity index (χ4n) is 3.12. The maximum atomic E-state index is 13.5. The predicted octanol–water partition coefficient (Wildman–Crippen LogP) is 4.29. The monoisotopic (exact) mass is 461 g/mol. The summed E-state index contributed by atoms with van der Waals surface area (Å²) in [5, 5.41) is 11.4. The van der Waals surface area contributed by atoms with Gasteiger partial charge in [-0.2, -0.15) is 0 Å². The van der Waals surface area contributed by atoms with E-state index in [0.717, 1.165) is 5.56 Å². The molecule has 0 saturated heterocycles. The fraction of sp³-hybridized carbons (Fsp3) is 0.0833. The van der Waals surface area contributed by atoms with Gasteiger partial charge in [-0.25, -0.2) is 4.39 Å². The lowest BCUT2D eigenvalue weighted by Crippen LogP contribution is -2.23. The number of nitrogens with two attached hydrogens (primary N) is 1. The van der Waals surface area contributed by atoms with Crippen LogP contribution in [0.1, 0.15) is 17.3 Å². The zero-order valence-corrected chi connectivity index (χ0v) is 18.4. The number of halogens is 1. The molecule has 166 valence electrons. The molecule has 7 nitrogen and oxygen atoms in total. The molecule has 1 heterocycles. The van der Waals surface area contributed by atoms with Crippen LogP contribution in [0.15, 0.2) is 84.0 Å². The van der Waals surface area contributed by atoms with Crippen LogP contribution in [0.2, 0.25) is 0 Å². The Morgan fingerprint density at radius 2 is 1.64 bits per heavy atom.